The third kappa shape index (κ3) is 3.46. The summed E-state index contributed by atoms with van der Waals surface area (Å²) in [6.07, 6.45) is 2.94. The van der Waals surface area contributed by atoms with Crippen LogP contribution in [-0.2, 0) is 22.9 Å². The number of rotatable bonds is 6. The first-order chi connectivity index (χ1) is 11.1. The van der Waals surface area contributed by atoms with Gasteiger partial charge in [0.25, 0.3) is 0 Å². The standard InChI is InChI=1S/C14H19N5O2S2/c20-23(21)7-5-12(10-23)18(8-13-2-1-6-22-13)9-14-15-16-17-19(14)11-3-4-11/h1-2,6,11-12H,3-5,7-10H2/t12-/m0/s1. The highest BCUT2D eigenvalue weighted by Gasteiger charge is 2.34. The second kappa shape index (κ2) is 5.95. The predicted molar refractivity (Wildman–Crippen MR) is 86.7 cm³/mol. The minimum absolute atomic E-state index is 0.0476. The van der Waals surface area contributed by atoms with E-state index in [1.54, 1.807) is 11.3 Å². The van der Waals surface area contributed by atoms with Crippen LogP contribution in [0, 0.1) is 0 Å². The van der Waals surface area contributed by atoms with Crippen molar-refractivity contribution in [1.82, 2.24) is 25.1 Å². The molecule has 2 aliphatic rings. The van der Waals surface area contributed by atoms with Gasteiger partial charge in [-0.05, 0) is 41.1 Å². The van der Waals surface area contributed by atoms with E-state index >= 15 is 0 Å². The van der Waals surface area contributed by atoms with Crippen LogP contribution in [0.5, 0.6) is 0 Å². The molecular formula is C14H19N5O2S2. The fourth-order valence-electron chi connectivity index (χ4n) is 3.08. The Morgan fingerprint density at radius 3 is 2.83 bits per heavy atom. The lowest BCUT2D eigenvalue weighted by atomic mass is 10.2. The van der Waals surface area contributed by atoms with Crippen molar-refractivity contribution in [2.45, 2.75) is 44.4 Å². The number of hydrogen-bond donors (Lipinski definition) is 0. The summed E-state index contributed by atoms with van der Waals surface area (Å²) in [6.45, 7) is 1.34. The minimum Gasteiger partial charge on any atom is -0.287 e. The van der Waals surface area contributed by atoms with E-state index in [0.29, 0.717) is 19.0 Å². The molecule has 0 aromatic carbocycles. The highest BCUT2D eigenvalue weighted by molar-refractivity contribution is 7.91. The zero-order chi connectivity index (χ0) is 15.9. The molecule has 4 rings (SSSR count). The number of nitrogens with zero attached hydrogens (tertiary/aromatic N) is 5. The summed E-state index contributed by atoms with van der Waals surface area (Å²) in [6, 6.07) is 4.59. The minimum atomic E-state index is -2.91. The van der Waals surface area contributed by atoms with Gasteiger partial charge in [0.15, 0.2) is 15.7 Å². The van der Waals surface area contributed by atoms with Gasteiger partial charge in [0.2, 0.25) is 0 Å². The number of tetrazole rings is 1. The van der Waals surface area contributed by atoms with Crippen LogP contribution in [0.25, 0.3) is 0 Å². The van der Waals surface area contributed by atoms with E-state index in [2.05, 4.69) is 26.5 Å². The highest BCUT2D eigenvalue weighted by Crippen LogP contribution is 2.35. The Morgan fingerprint density at radius 2 is 2.17 bits per heavy atom. The van der Waals surface area contributed by atoms with Crippen LogP contribution >= 0.6 is 11.3 Å². The number of sulfone groups is 1. The molecule has 0 bridgehead atoms. The van der Waals surface area contributed by atoms with Crippen LogP contribution in [0.2, 0.25) is 0 Å². The molecule has 0 unspecified atom stereocenters. The van der Waals surface area contributed by atoms with E-state index in [9.17, 15) is 8.42 Å². The summed E-state index contributed by atoms with van der Waals surface area (Å²) in [7, 11) is -2.91. The van der Waals surface area contributed by atoms with Gasteiger partial charge in [-0.15, -0.1) is 16.4 Å². The van der Waals surface area contributed by atoms with E-state index in [-0.39, 0.29) is 17.5 Å². The topological polar surface area (TPSA) is 81.0 Å². The third-order valence-corrected chi connectivity index (χ3v) is 7.07. The second-order valence-corrected chi connectivity index (χ2v) is 9.57. The Hall–Kier alpha value is -1.32. The number of aromatic nitrogens is 4. The normalized spacial score (nSPS) is 23.6. The van der Waals surface area contributed by atoms with Gasteiger partial charge in [-0.25, -0.2) is 13.1 Å². The quantitative estimate of drug-likeness (QED) is 0.778. The van der Waals surface area contributed by atoms with Gasteiger partial charge in [0.05, 0.1) is 24.1 Å². The van der Waals surface area contributed by atoms with Crippen LogP contribution < -0.4 is 0 Å². The fourth-order valence-corrected chi connectivity index (χ4v) is 5.57. The molecule has 0 amide bonds. The molecular weight excluding hydrogens is 334 g/mol. The fraction of sp³-hybridized carbons (Fsp3) is 0.643. The van der Waals surface area contributed by atoms with Gasteiger partial charge in [-0.1, -0.05) is 6.07 Å². The van der Waals surface area contributed by atoms with Gasteiger partial charge in [0, 0.05) is 17.5 Å². The molecule has 1 atom stereocenters. The molecule has 1 aliphatic heterocycles. The van der Waals surface area contributed by atoms with Crippen molar-refractivity contribution in [3.8, 4) is 0 Å². The monoisotopic (exact) mass is 353 g/mol. The first-order valence-electron chi connectivity index (χ1n) is 7.84. The maximum atomic E-state index is 11.9. The summed E-state index contributed by atoms with van der Waals surface area (Å²) < 4.78 is 25.6. The molecule has 7 nitrogen and oxygen atoms in total. The number of thiophene rings is 1. The van der Waals surface area contributed by atoms with Gasteiger partial charge in [-0.3, -0.25) is 4.90 Å². The lowest BCUT2D eigenvalue weighted by Gasteiger charge is -2.26. The van der Waals surface area contributed by atoms with Gasteiger partial charge >= 0.3 is 0 Å². The SMILES string of the molecule is O=S1(=O)CC[C@H](N(Cc2cccs2)Cc2nnnn2C2CC2)C1. The molecule has 1 saturated carbocycles. The zero-order valence-electron chi connectivity index (χ0n) is 12.7. The Balaban J connectivity index is 1.55. The van der Waals surface area contributed by atoms with Crippen LogP contribution in [-0.4, -0.2) is 51.1 Å². The molecule has 2 fully saturated rings. The molecule has 0 N–H and O–H groups in total. The Kier molecular flexibility index (Phi) is 3.94. The summed E-state index contributed by atoms with van der Waals surface area (Å²) >= 11 is 1.70. The zero-order valence-corrected chi connectivity index (χ0v) is 14.3. The van der Waals surface area contributed by atoms with E-state index < -0.39 is 9.84 Å². The van der Waals surface area contributed by atoms with Crippen molar-refractivity contribution in [2.24, 2.45) is 0 Å². The summed E-state index contributed by atoms with van der Waals surface area (Å²) in [4.78, 5) is 3.46. The lowest BCUT2D eigenvalue weighted by Crippen LogP contribution is -2.36. The molecule has 1 saturated heterocycles. The van der Waals surface area contributed by atoms with E-state index in [1.165, 1.54) is 4.88 Å². The maximum Gasteiger partial charge on any atom is 0.165 e. The van der Waals surface area contributed by atoms with E-state index in [1.807, 2.05) is 16.1 Å². The predicted octanol–water partition coefficient (Wildman–Crippen LogP) is 1.26. The van der Waals surface area contributed by atoms with Crippen LogP contribution in [0.3, 0.4) is 0 Å². The van der Waals surface area contributed by atoms with Crippen molar-refractivity contribution >= 4 is 21.2 Å². The second-order valence-electron chi connectivity index (χ2n) is 6.31. The van der Waals surface area contributed by atoms with Gasteiger partial charge in [-0.2, -0.15) is 0 Å². The van der Waals surface area contributed by atoms with Crippen molar-refractivity contribution in [2.75, 3.05) is 11.5 Å². The average Bonchev–Trinajstić information content (AvgIpc) is 2.90. The van der Waals surface area contributed by atoms with Crippen molar-refractivity contribution in [3.63, 3.8) is 0 Å². The lowest BCUT2D eigenvalue weighted by molar-refractivity contribution is 0.187. The molecule has 9 heteroatoms. The van der Waals surface area contributed by atoms with Crippen molar-refractivity contribution < 1.29 is 8.42 Å². The van der Waals surface area contributed by atoms with Gasteiger partial charge in [0.1, 0.15) is 0 Å². The van der Waals surface area contributed by atoms with E-state index in [0.717, 1.165) is 25.2 Å². The van der Waals surface area contributed by atoms with E-state index in [4.69, 9.17) is 0 Å². The summed E-state index contributed by atoms with van der Waals surface area (Å²) in [5.41, 5.74) is 0. The first kappa shape index (κ1) is 15.2. The Labute approximate surface area is 139 Å². The molecule has 23 heavy (non-hydrogen) atoms. The molecule has 3 heterocycles. The molecule has 2 aromatic heterocycles. The largest absolute Gasteiger partial charge is 0.287 e. The van der Waals surface area contributed by atoms with Crippen molar-refractivity contribution in [1.29, 1.82) is 0 Å². The van der Waals surface area contributed by atoms with Crippen LogP contribution in [0.1, 0.15) is 36.0 Å². The smallest absolute Gasteiger partial charge is 0.165 e. The molecule has 1 aliphatic carbocycles. The van der Waals surface area contributed by atoms with Crippen LogP contribution in [0.4, 0.5) is 0 Å². The number of hydrogen-bond acceptors (Lipinski definition) is 7. The average molecular weight is 353 g/mol. The molecule has 2 aromatic rings. The highest BCUT2D eigenvalue weighted by atomic mass is 32.2. The maximum absolute atomic E-state index is 11.9. The Morgan fingerprint density at radius 1 is 1.30 bits per heavy atom. The Bertz CT molecular complexity index is 767. The molecule has 124 valence electrons. The molecule has 0 radical (unpaired) electrons. The third-order valence-electron chi connectivity index (χ3n) is 4.46. The first-order valence-corrected chi connectivity index (χ1v) is 10.5. The summed E-state index contributed by atoms with van der Waals surface area (Å²) in [5.74, 6) is 1.36. The van der Waals surface area contributed by atoms with Crippen LogP contribution in [0.15, 0.2) is 17.5 Å². The molecule has 0 spiro atoms. The van der Waals surface area contributed by atoms with Crippen molar-refractivity contribution in [3.05, 3.63) is 28.2 Å². The summed E-state index contributed by atoms with van der Waals surface area (Å²) in [5, 5.41) is 14.1. The van der Waals surface area contributed by atoms with Gasteiger partial charge < -0.3 is 0 Å².